The van der Waals surface area contributed by atoms with Gasteiger partial charge in [0.15, 0.2) is 0 Å². The third kappa shape index (κ3) is 6.56. The monoisotopic (exact) mass is 442 g/mol. The van der Waals surface area contributed by atoms with Crippen molar-refractivity contribution in [3.8, 4) is 0 Å². The van der Waals surface area contributed by atoms with E-state index in [1.54, 1.807) is 6.33 Å². The lowest BCUT2D eigenvalue weighted by Gasteiger charge is -2.36. The van der Waals surface area contributed by atoms with Gasteiger partial charge in [-0.1, -0.05) is 6.92 Å². The fraction of sp³-hybridized carbons (Fsp3) is 0.800. The lowest BCUT2D eigenvalue weighted by atomic mass is 9.92. The molecule has 0 radical (unpaired) electrons. The number of carbonyl (C=O) groups excluding carboxylic acids is 1. The Hall–Kier alpha value is -1.89. The molecule has 3 aliphatic heterocycles. The molecule has 4 heterocycles. The van der Waals surface area contributed by atoms with Crippen molar-refractivity contribution in [3.63, 3.8) is 0 Å². The van der Waals surface area contributed by atoms with Gasteiger partial charge in [-0.05, 0) is 76.3 Å². The van der Waals surface area contributed by atoms with Crippen molar-refractivity contribution in [2.24, 2.45) is 11.8 Å². The van der Waals surface area contributed by atoms with Crippen LogP contribution in [0.2, 0.25) is 0 Å². The van der Waals surface area contributed by atoms with Crippen LogP contribution in [0.1, 0.15) is 64.7 Å². The van der Waals surface area contributed by atoms with Gasteiger partial charge in [0, 0.05) is 51.8 Å². The molecular formula is C25H42N6O. The van der Waals surface area contributed by atoms with Crippen LogP contribution in [-0.4, -0.2) is 78.0 Å². The van der Waals surface area contributed by atoms with Crippen LogP contribution in [0.3, 0.4) is 0 Å². The van der Waals surface area contributed by atoms with Crippen molar-refractivity contribution in [1.82, 2.24) is 19.8 Å². The van der Waals surface area contributed by atoms with Gasteiger partial charge in [-0.3, -0.25) is 4.79 Å². The van der Waals surface area contributed by atoms with Gasteiger partial charge < -0.3 is 20.0 Å². The van der Waals surface area contributed by atoms with Gasteiger partial charge in [0.2, 0.25) is 5.91 Å². The molecule has 0 spiro atoms. The highest BCUT2D eigenvalue weighted by atomic mass is 16.2. The van der Waals surface area contributed by atoms with E-state index in [1.807, 2.05) is 0 Å². The van der Waals surface area contributed by atoms with Crippen LogP contribution >= 0.6 is 0 Å². The molecule has 0 aliphatic carbocycles. The first kappa shape index (κ1) is 23.3. The average molecular weight is 443 g/mol. The smallest absolute Gasteiger partial charge is 0.222 e. The van der Waals surface area contributed by atoms with Crippen LogP contribution in [0.5, 0.6) is 0 Å². The summed E-state index contributed by atoms with van der Waals surface area (Å²) >= 11 is 0. The Morgan fingerprint density at radius 3 is 2.69 bits per heavy atom. The van der Waals surface area contributed by atoms with E-state index in [0.717, 1.165) is 57.2 Å². The normalized spacial score (nSPS) is 24.7. The second-order valence-corrected chi connectivity index (χ2v) is 10.0. The first-order valence-corrected chi connectivity index (χ1v) is 13.0. The minimum Gasteiger partial charge on any atom is -0.370 e. The molecule has 3 fully saturated rings. The number of nitrogens with zero attached hydrogens (tertiary/aromatic N) is 5. The van der Waals surface area contributed by atoms with Crippen molar-refractivity contribution in [2.75, 3.05) is 62.6 Å². The van der Waals surface area contributed by atoms with E-state index in [-0.39, 0.29) is 0 Å². The van der Waals surface area contributed by atoms with E-state index in [0.29, 0.717) is 24.2 Å². The molecule has 32 heavy (non-hydrogen) atoms. The second kappa shape index (κ2) is 11.8. The van der Waals surface area contributed by atoms with Crippen molar-refractivity contribution in [1.29, 1.82) is 0 Å². The van der Waals surface area contributed by atoms with E-state index in [1.165, 1.54) is 58.2 Å². The number of likely N-dealkylation sites (tertiary alicyclic amines) is 2. The predicted molar refractivity (Wildman–Crippen MR) is 130 cm³/mol. The molecule has 3 aliphatic rings. The molecule has 7 nitrogen and oxygen atoms in total. The topological polar surface area (TPSA) is 64.6 Å². The van der Waals surface area contributed by atoms with Crippen molar-refractivity contribution in [2.45, 2.75) is 64.7 Å². The molecule has 3 saturated heterocycles. The summed E-state index contributed by atoms with van der Waals surface area (Å²) in [7, 11) is 0. The van der Waals surface area contributed by atoms with E-state index < -0.39 is 0 Å². The minimum absolute atomic E-state index is 0.376. The molecule has 0 saturated carbocycles. The summed E-state index contributed by atoms with van der Waals surface area (Å²) in [5.41, 5.74) is 0. The summed E-state index contributed by atoms with van der Waals surface area (Å²) in [6.45, 7) is 10.8. The summed E-state index contributed by atoms with van der Waals surface area (Å²) in [5.74, 6) is 3.53. The Labute approximate surface area is 194 Å². The number of nitrogens with one attached hydrogen (secondary N) is 1. The van der Waals surface area contributed by atoms with Gasteiger partial charge >= 0.3 is 0 Å². The van der Waals surface area contributed by atoms with Crippen LogP contribution < -0.4 is 10.2 Å². The molecule has 4 rings (SSSR count). The highest BCUT2D eigenvalue weighted by Gasteiger charge is 2.27. The Balaban J connectivity index is 1.23. The summed E-state index contributed by atoms with van der Waals surface area (Å²) in [6, 6.07) is 2.07. The highest BCUT2D eigenvalue weighted by Crippen LogP contribution is 2.27. The fourth-order valence-corrected chi connectivity index (χ4v) is 5.64. The number of piperidine rings is 2. The number of aromatic nitrogens is 2. The summed E-state index contributed by atoms with van der Waals surface area (Å²) in [5, 5.41) is 3.36. The van der Waals surface area contributed by atoms with Gasteiger partial charge in [-0.25, -0.2) is 9.97 Å². The van der Waals surface area contributed by atoms with Gasteiger partial charge in [-0.2, -0.15) is 0 Å². The van der Waals surface area contributed by atoms with Crippen LogP contribution in [0.25, 0.3) is 0 Å². The Morgan fingerprint density at radius 2 is 1.84 bits per heavy atom. The predicted octanol–water partition coefficient (Wildman–Crippen LogP) is 3.63. The molecule has 1 amide bonds. The fourth-order valence-electron chi connectivity index (χ4n) is 5.64. The van der Waals surface area contributed by atoms with Gasteiger partial charge in [0.25, 0.3) is 0 Å². The standard InChI is InChI=1S/C25H42N6O/c1-2-11-26-23-16-24(28-20-27-23)30-14-5-7-21(18-30)9-10-25(32)31-15-6-8-22(19-31)17-29-12-3-4-13-29/h16,20-22H,2-15,17-19H2,1H3,(H,26,27,28)/t21-,22-/m1/s1. The molecule has 178 valence electrons. The quantitative estimate of drug-likeness (QED) is 0.630. The molecule has 1 aromatic rings. The number of hydrogen-bond acceptors (Lipinski definition) is 6. The van der Waals surface area contributed by atoms with Gasteiger partial charge in [0.05, 0.1) is 0 Å². The van der Waals surface area contributed by atoms with Gasteiger partial charge in [-0.15, -0.1) is 0 Å². The Bertz CT molecular complexity index is 722. The first-order chi connectivity index (χ1) is 15.7. The SMILES string of the molecule is CCCNc1cc(N2CCC[C@H](CCC(=O)N3CCC[C@H](CN4CCCC4)C3)C2)ncn1. The lowest BCUT2D eigenvalue weighted by molar-refractivity contribution is -0.133. The molecule has 1 aromatic heterocycles. The first-order valence-electron chi connectivity index (χ1n) is 13.0. The summed E-state index contributed by atoms with van der Waals surface area (Å²) in [4.78, 5) is 29.0. The Morgan fingerprint density at radius 1 is 1.03 bits per heavy atom. The molecule has 1 N–H and O–H groups in total. The van der Waals surface area contributed by atoms with E-state index in [4.69, 9.17) is 0 Å². The maximum Gasteiger partial charge on any atom is 0.222 e. The number of amides is 1. The zero-order valence-electron chi connectivity index (χ0n) is 20.0. The summed E-state index contributed by atoms with van der Waals surface area (Å²) < 4.78 is 0. The largest absolute Gasteiger partial charge is 0.370 e. The van der Waals surface area contributed by atoms with Gasteiger partial charge in [0.1, 0.15) is 18.0 Å². The molecule has 0 unspecified atom stereocenters. The number of carbonyl (C=O) groups is 1. The molecule has 0 bridgehead atoms. The molecular weight excluding hydrogens is 400 g/mol. The average Bonchev–Trinajstić information content (AvgIpc) is 3.35. The molecule has 2 atom stereocenters. The number of anilines is 2. The Kier molecular flexibility index (Phi) is 8.60. The van der Waals surface area contributed by atoms with Crippen molar-refractivity contribution < 1.29 is 4.79 Å². The maximum atomic E-state index is 13.0. The number of rotatable bonds is 9. The van der Waals surface area contributed by atoms with E-state index in [9.17, 15) is 4.79 Å². The molecule has 7 heteroatoms. The zero-order valence-corrected chi connectivity index (χ0v) is 20.0. The lowest BCUT2D eigenvalue weighted by Crippen LogP contribution is -2.43. The number of hydrogen-bond donors (Lipinski definition) is 1. The van der Waals surface area contributed by atoms with Crippen LogP contribution in [0.4, 0.5) is 11.6 Å². The third-order valence-corrected chi connectivity index (χ3v) is 7.40. The van der Waals surface area contributed by atoms with Crippen molar-refractivity contribution >= 4 is 17.5 Å². The van der Waals surface area contributed by atoms with Crippen LogP contribution in [0.15, 0.2) is 12.4 Å². The van der Waals surface area contributed by atoms with Crippen LogP contribution in [0, 0.1) is 11.8 Å². The second-order valence-electron chi connectivity index (χ2n) is 10.0. The third-order valence-electron chi connectivity index (χ3n) is 7.40. The van der Waals surface area contributed by atoms with E-state index in [2.05, 4.69) is 43.0 Å². The van der Waals surface area contributed by atoms with E-state index >= 15 is 0 Å². The summed E-state index contributed by atoms with van der Waals surface area (Å²) in [6.07, 6.45) is 12.0. The maximum absolute atomic E-state index is 13.0. The highest BCUT2D eigenvalue weighted by molar-refractivity contribution is 5.76. The zero-order chi connectivity index (χ0) is 22.2. The van der Waals surface area contributed by atoms with Crippen LogP contribution in [-0.2, 0) is 4.79 Å². The van der Waals surface area contributed by atoms with Crippen molar-refractivity contribution in [3.05, 3.63) is 12.4 Å². The minimum atomic E-state index is 0.376. The molecule has 0 aromatic carbocycles.